The fourth-order valence-corrected chi connectivity index (χ4v) is 2.74. The predicted octanol–water partition coefficient (Wildman–Crippen LogP) is 2.29. The monoisotopic (exact) mass is 247 g/mol. The van der Waals surface area contributed by atoms with E-state index in [1.54, 1.807) is 0 Å². The van der Waals surface area contributed by atoms with Gasteiger partial charge in [0.05, 0.1) is 0 Å². The Morgan fingerprint density at radius 3 is 2.67 bits per heavy atom. The van der Waals surface area contributed by atoms with Crippen molar-refractivity contribution >= 4 is 0 Å². The lowest BCUT2D eigenvalue weighted by Crippen LogP contribution is -2.62. The number of aromatic nitrogens is 1. The summed E-state index contributed by atoms with van der Waals surface area (Å²) in [4.78, 5) is 6.70. The number of nitrogens with zero attached hydrogens (tertiary/aromatic N) is 2. The Morgan fingerprint density at radius 1 is 1.39 bits per heavy atom. The Morgan fingerprint density at radius 2 is 2.06 bits per heavy atom. The van der Waals surface area contributed by atoms with Crippen molar-refractivity contribution < 1.29 is 0 Å². The highest BCUT2D eigenvalue weighted by atomic mass is 15.2. The Hall–Kier alpha value is -0.930. The minimum Gasteiger partial charge on any atom is -0.309 e. The van der Waals surface area contributed by atoms with Gasteiger partial charge in [0.1, 0.15) is 0 Å². The number of nitrogens with one attached hydrogen (secondary N) is 1. The van der Waals surface area contributed by atoms with Crippen molar-refractivity contribution in [1.82, 2.24) is 15.2 Å². The molecule has 0 spiro atoms. The molecule has 1 unspecified atom stereocenters. The van der Waals surface area contributed by atoms with Crippen LogP contribution < -0.4 is 5.32 Å². The molecule has 0 radical (unpaired) electrons. The van der Waals surface area contributed by atoms with Crippen LogP contribution in [0.25, 0.3) is 0 Å². The maximum absolute atomic E-state index is 4.09. The SMILES string of the molecule is CC(C)C1CNC(C)(C)CN1Cc1ccncc1. The van der Waals surface area contributed by atoms with Gasteiger partial charge in [-0.2, -0.15) is 0 Å². The molecule has 3 heteroatoms. The molecule has 1 aromatic heterocycles. The van der Waals surface area contributed by atoms with Crippen LogP contribution in [0.15, 0.2) is 24.5 Å². The lowest BCUT2D eigenvalue weighted by Gasteiger charge is -2.46. The molecule has 1 aromatic rings. The molecule has 3 nitrogen and oxygen atoms in total. The molecule has 1 atom stereocenters. The maximum atomic E-state index is 4.09. The van der Waals surface area contributed by atoms with Gasteiger partial charge in [0, 0.05) is 43.6 Å². The third kappa shape index (κ3) is 3.30. The second-order valence-electron chi connectivity index (χ2n) is 6.34. The van der Waals surface area contributed by atoms with Gasteiger partial charge in [-0.05, 0) is 37.5 Å². The molecule has 0 aromatic carbocycles. The van der Waals surface area contributed by atoms with E-state index in [-0.39, 0.29) is 5.54 Å². The first-order valence-corrected chi connectivity index (χ1v) is 6.86. The summed E-state index contributed by atoms with van der Waals surface area (Å²) >= 11 is 0. The van der Waals surface area contributed by atoms with E-state index in [2.05, 4.69) is 55.0 Å². The average Bonchev–Trinajstić information content (AvgIpc) is 2.28. The molecule has 0 bridgehead atoms. The molecular formula is C15H25N3. The zero-order valence-electron chi connectivity index (χ0n) is 12.0. The molecule has 0 amide bonds. The Balaban J connectivity index is 2.10. The first-order valence-electron chi connectivity index (χ1n) is 6.86. The minimum atomic E-state index is 0.207. The van der Waals surface area contributed by atoms with Crippen LogP contribution in [0, 0.1) is 5.92 Å². The van der Waals surface area contributed by atoms with E-state index in [9.17, 15) is 0 Å². The van der Waals surface area contributed by atoms with Crippen molar-refractivity contribution in [2.24, 2.45) is 5.92 Å². The number of hydrogen-bond acceptors (Lipinski definition) is 3. The van der Waals surface area contributed by atoms with E-state index in [1.165, 1.54) is 5.56 Å². The zero-order chi connectivity index (χ0) is 13.2. The van der Waals surface area contributed by atoms with Crippen LogP contribution in [0.3, 0.4) is 0 Å². The molecule has 1 aliphatic heterocycles. The van der Waals surface area contributed by atoms with Crippen LogP contribution in [0.2, 0.25) is 0 Å². The highest BCUT2D eigenvalue weighted by molar-refractivity contribution is 5.10. The number of pyridine rings is 1. The summed E-state index contributed by atoms with van der Waals surface area (Å²) < 4.78 is 0. The second kappa shape index (κ2) is 5.37. The van der Waals surface area contributed by atoms with E-state index in [1.807, 2.05) is 12.4 Å². The van der Waals surface area contributed by atoms with Crippen molar-refractivity contribution in [3.63, 3.8) is 0 Å². The van der Waals surface area contributed by atoms with Gasteiger partial charge >= 0.3 is 0 Å². The Labute approximate surface area is 111 Å². The summed E-state index contributed by atoms with van der Waals surface area (Å²) in [6.07, 6.45) is 3.76. The van der Waals surface area contributed by atoms with Crippen LogP contribution in [0.1, 0.15) is 33.3 Å². The summed E-state index contributed by atoms with van der Waals surface area (Å²) in [7, 11) is 0. The molecule has 1 N–H and O–H groups in total. The Bertz CT molecular complexity index is 373. The smallest absolute Gasteiger partial charge is 0.0271 e. The lowest BCUT2D eigenvalue weighted by atomic mass is 9.92. The van der Waals surface area contributed by atoms with Crippen molar-refractivity contribution in [2.75, 3.05) is 13.1 Å². The van der Waals surface area contributed by atoms with Crippen molar-refractivity contribution in [1.29, 1.82) is 0 Å². The molecule has 1 fully saturated rings. The van der Waals surface area contributed by atoms with Crippen LogP contribution in [-0.4, -0.2) is 34.6 Å². The fraction of sp³-hybridized carbons (Fsp3) is 0.667. The summed E-state index contributed by atoms with van der Waals surface area (Å²) in [5, 5.41) is 3.65. The first kappa shape index (κ1) is 13.5. The van der Waals surface area contributed by atoms with Gasteiger partial charge in [-0.3, -0.25) is 9.88 Å². The van der Waals surface area contributed by atoms with Crippen LogP contribution in [0.5, 0.6) is 0 Å². The fourth-order valence-electron chi connectivity index (χ4n) is 2.74. The molecule has 0 saturated carbocycles. The summed E-state index contributed by atoms with van der Waals surface area (Å²) in [6, 6.07) is 4.85. The number of rotatable bonds is 3. The van der Waals surface area contributed by atoms with E-state index < -0.39 is 0 Å². The van der Waals surface area contributed by atoms with Crippen LogP contribution in [-0.2, 0) is 6.54 Å². The molecule has 18 heavy (non-hydrogen) atoms. The normalized spacial score (nSPS) is 24.4. The third-order valence-corrected chi connectivity index (χ3v) is 3.76. The maximum Gasteiger partial charge on any atom is 0.0271 e. The highest BCUT2D eigenvalue weighted by Gasteiger charge is 2.33. The van der Waals surface area contributed by atoms with Gasteiger partial charge in [-0.1, -0.05) is 13.8 Å². The summed E-state index contributed by atoms with van der Waals surface area (Å²) in [5.74, 6) is 0.676. The van der Waals surface area contributed by atoms with Gasteiger partial charge in [-0.25, -0.2) is 0 Å². The largest absolute Gasteiger partial charge is 0.309 e. The zero-order valence-corrected chi connectivity index (χ0v) is 12.0. The number of piperazine rings is 1. The molecule has 1 saturated heterocycles. The molecule has 100 valence electrons. The summed E-state index contributed by atoms with van der Waals surface area (Å²) in [6.45, 7) is 12.4. The Kier molecular flexibility index (Phi) is 4.03. The molecule has 2 rings (SSSR count). The van der Waals surface area contributed by atoms with Crippen molar-refractivity contribution in [2.45, 2.75) is 45.8 Å². The second-order valence-corrected chi connectivity index (χ2v) is 6.34. The van der Waals surface area contributed by atoms with Crippen molar-refractivity contribution in [3.05, 3.63) is 30.1 Å². The van der Waals surface area contributed by atoms with E-state index >= 15 is 0 Å². The van der Waals surface area contributed by atoms with E-state index in [4.69, 9.17) is 0 Å². The topological polar surface area (TPSA) is 28.2 Å². The van der Waals surface area contributed by atoms with Gasteiger partial charge < -0.3 is 5.32 Å². The number of hydrogen-bond donors (Lipinski definition) is 1. The van der Waals surface area contributed by atoms with E-state index in [0.717, 1.165) is 19.6 Å². The molecule has 0 aliphatic carbocycles. The molecule has 1 aliphatic rings. The first-order chi connectivity index (χ1) is 8.48. The van der Waals surface area contributed by atoms with Crippen LogP contribution in [0.4, 0.5) is 0 Å². The minimum absolute atomic E-state index is 0.207. The van der Waals surface area contributed by atoms with Gasteiger partial charge in [-0.15, -0.1) is 0 Å². The average molecular weight is 247 g/mol. The van der Waals surface area contributed by atoms with Gasteiger partial charge in [0.25, 0.3) is 0 Å². The third-order valence-electron chi connectivity index (χ3n) is 3.76. The van der Waals surface area contributed by atoms with Gasteiger partial charge in [0.2, 0.25) is 0 Å². The predicted molar refractivity (Wildman–Crippen MR) is 75.4 cm³/mol. The van der Waals surface area contributed by atoms with Crippen molar-refractivity contribution in [3.8, 4) is 0 Å². The quantitative estimate of drug-likeness (QED) is 0.888. The lowest BCUT2D eigenvalue weighted by molar-refractivity contribution is 0.0627. The van der Waals surface area contributed by atoms with Gasteiger partial charge in [0.15, 0.2) is 0 Å². The standard InChI is InChI=1S/C15H25N3/c1-12(2)14-9-17-15(3,4)11-18(14)10-13-5-7-16-8-6-13/h5-8,12,14,17H,9-11H2,1-4H3. The van der Waals surface area contributed by atoms with E-state index in [0.29, 0.717) is 12.0 Å². The molecular weight excluding hydrogens is 222 g/mol. The highest BCUT2D eigenvalue weighted by Crippen LogP contribution is 2.22. The van der Waals surface area contributed by atoms with Crippen LogP contribution >= 0.6 is 0 Å². The summed E-state index contributed by atoms with van der Waals surface area (Å²) in [5.41, 5.74) is 1.56. The molecule has 2 heterocycles.